The molecular weight excluding hydrogens is 468 g/mol. The van der Waals surface area contributed by atoms with Gasteiger partial charge in [0.25, 0.3) is 0 Å². The van der Waals surface area contributed by atoms with E-state index in [-0.39, 0.29) is 5.54 Å². The molecule has 0 atom stereocenters. The van der Waals surface area contributed by atoms with Gasteiger partial charge in [0.1, 0.15) is 11.9 Å². The van der Waals surface area contributed by atoms with Crippen molar-refractivity contribution in [1.82, 2.24) is 15.3 Å². The summed E-state index contributed by atoms with van der Waals surface area (Å²) in [5.41, 5.74) is 11.2. The molecule has 2 aromatic heterocycles. The predicted octanol–water partition coefficient (Wildman–Crippen LogP) is 5.43. The van der Waals surface area contributed by atoms with Gasteiger partial charge in [-0.25, -0.2) is 4.98 Å². The SMILES string of the molecule is C=C(C#Cc1ccccc1)NC1(C)CCN(c2ccc(-c3cc(CCC)cnc3C(C#N)=CN)cn2)CC1. The number of anilines is 1. The highest BCUT2D eigenvalue weighted by molar-refractivity contribution is 5.85. The fourth-order valence-electron chi connectivity index (χ4n) is 4.69. The van der Waals surface area contributed by atoms with E-state index in [0.717, 1.165) is 72.5 Å². The number of hydrogen-bond acceptors (Lipinski definition) is 6. The number of nitrogens with one attached hydrogen (secondary N) is 1. The molecule has 3 N–H and O–H groups in total. The van der Waals surface area contributed by atoms with E-state index in [0.29, 0.717) is 11.3 Å². The van der Waals surface area contributed by atoms with E-state index in [2.05, 4.69) is 65.7 Å². The second-order valence-electron chi connectivity index (χ2n) is 9.85. The van der Waals surface area contributed by atoms with Gasteiger partial charge in [0.15, 0.2) is 0 Å². The Balaban J connectivity index is 1.44. The molecule has 1 aliphatic rings. The minimum atomic E-state index is -0.0680. The highest BCUT2D eigenvalue weighted by Gasteiger charge is 2.30. The van der Waals surface area contributed by atoms with Crippen LogP contribution < -0.4 is 16.0 Å². The molecule has 0 amide bonds. The third-order valence-corrected chi connectivity index (χ3v) is 6.86. The van der Waals surface area contributed by atoms with Crippen molar-refractivity contribution in [3.63, 3.8) is 0 Å². The monoisotopic (exact) mass is 502 g/mol. The molecule has 38 heavy (non-hydrogen) atoms. The molecule has 3 heterocycles. The van der Waals surface area contributed by atoms with Gasteiger partial charge < -0.3 is 16.0 Å². The molecule has 1 aromatic carbocycles. The number of benzene rings is 1. The Morgan fingerprint density at radius 1 is 1.16 bits per heavy atom. The third-order valence-electron chi connectivity index (χ3n) is 6.86. The summed E-state index contributed by atoms with van der Waals surface area (Å²) in [5.74, 6) is 7.26. The first-order chi connectivity index (χ1) is 18.4. The number of allylic oxidation sites excluding steroid dienone is 2. The van der Waals surface area contributed by atoms with Crippen LogP contribution >= 0.6 is 0 Å². The normalized spacial score (nSPS) is 14.7. The number of piperidine rings is 1. The zero-order chi connectivity index (χ0) is 27.0. The maximum Gasteiger partial charge on any atom is 0.128 e. The van der Waals surface area contributed by atoms with Gasteiger partial charge >= 0.3 is 0 Å². The highest BCUT2D eigenvalue weighted by atomic mass is 15.2. The Kier molecular flexibility index (Phi) is 8.46. The molecule has 0 aliphatic carbocycles. The lowest BCUT2D eigenvalue weighted by molar-refractivity contribution is 0.311. The van der Waals surface area contributed by atoms with Gasteiger partial charge in [-0.1, -0.05) is 44.0 Å². The molecule has 0 radical (unpaired) electrons. The first-order valence-corrected chi connectivity index (χ1v) is 13.0. The molecule has 0 saturated carbocycles. The van der Waals surface area contributed by atoms with Crippen molar-refractivity contribution in [2.24, 2.45) is 5.73 Å². The van der Waals surface area contributed by atoms with Crippen LogP contribution in [-0.2, 0) is 6.42 Å². The zero-order valence-corrected chi connectivity index (χ0v) is 22.2. The van der Waals surface area contributed by atoms with Gasteiger partial charge in [-0.15, -0.1) is 0 Å². The van der Waals surface area contributed by atoms with Crippen molar-refractivity contribution in [2.75, 3.05) is 18.0 Å². The molecule has 6 heteroatoms. The number of aryl methyl sites for hydroxylation is 1. The minimum absolute atomic E-state index is 0.0680. The van der Waals surface area contributed by atoms with Crippen LogP contribution in [0.4, 0.5) is 5.82 Å². The van der Waals surface area contributed by atoms with E-state index >= 15 is 0 Å². The van der Waals surface area contributed by atoms with Crippen molar-refractivity contribution < 1.29 is 0 Å². The van der Waals surface area contributed by atoms with Crippen molar-refractivity contribution in [3.05, 3.63) is 96.2 Å². The fourth-order valence-corrected chi connectivity index (χ4v) is 4.69. The summed E-state index contributed by atoms with van der Waals surface area (Å²) in [7, 11) is 0. The maximum absolute atomic E-state index is 9.54. The van der Waals surface area contributed by atoms with E-state index < -0.39 is 0 Å². The number of aromatic nitrogens is 2. The van der Waals surface area contributed by atoms with Crippen LogP contribution in [0.25, 0.3) is 16.7 Å². The third kappa shape index (κ3) is 6.41. The summed E-state index contributed by atoms with van der Waals surface area (Å²) in [5, 5.41) is 13.1. The standard InChI is InChI=1S/C32H34N6/c1-4-8-26-19-29(31(36-22-26)28(20-33)21-34)27-13-14-30(35-23-27)38-17-15-32(3,16-18-38)37-24(2)11-12-25-9-6-5-7-10-25/h5-7,9-10,13-14,19-20,22-23,37H,2,4,8,15-18,33H2,1,3H3. The molecule has 0 bridgehead atoms. The molecular formula is C32H34N6. The van der Waals surface area contributed by atoms with Crippen LogP contribution in [0.2, 0.25) is 0 Å². The Morgan fingerprint density at radius 2 is 1.92 bits per heavy atom. The van der Waals surface area contributed by atoms with Crippen molar-refractivity contribution in [3.8, 4) is 29.0 Å². The summed E-state index contributed by atoms with van der Waals surface area (Å²) in [6.45, 7) is 10.2. The summed E-state index contributed by atoms with van der Waals surface area (Å²) in [6.07, 6.45) is 8.84. The average molecular weight is 503 g/mol. The zero-order valence-electron chi connectivity index (χ0n) is 22.2. The summed E-state index contributed by atoms with van der Waals surface area (Å²) in [4.78, 5) is 11.7. The van der Waals surface area contributed by atoms with E-state index in [1.165, 1.54) is 6.20 Å². The lowest BCUT2D eigenvalue weighted by Crippen LogP contribution is -2.51. The molecule has 3 aromatic rings. The van der Waals surface area contributed by atoms with Gasteiger partial charge in [0.2, 0.25) is 0 Å². The lowest BCUT2D eigenvalue weighted by Gasteiger charge is -2.41. The number of rotatable bonds is 7. The van der Waals surface area contributed by atoms with Crippen molar-refractivity contribution in [1.29, 1.82) is 5.26 Å². The number of nitrogens with zero attached hydrogens (tertiary/aromatic N) is 4. The number of pyridine rings is 2. The van der Waals surface area contributed by atoms with Crippen LogP contribution in [0.1, 0.15) is 49.9 Å². The summed E-state index contributed by atoms with van der Waals surface area (Å²) >= 11 is 0. The summed E-state index contributed by atoms with van der Waals surface area (Å²) < 4.78 is 0. The highest BCUT2D eigenvalue weighted by Crippen LogP contribution is 2.30. The second-order valence-corrected chi connectivity index (χ2v) is 9.85. The van der Waals surface area contributed by atoms with Crippen LogP contribution in [0.15, 0.2) is 79.4 Å². The van der Waals surface area contributed by atoms with Gasteiger partial charge in [-0.3, -0.25) is 4.98 Å². The van der Waals surface area contributed by atoms with Crippen molar-refractivity contribution in [2.45, 2.75) is 45.1 Å². The molecule has 0 unspecified atom stereocenters. The second kappa shape index (κ2) is 12.1. The predicted molar refractivity (Wildman–Crippen MR) is 155 cm³/mol. The Labute approximate surface area is 225 Å². The molecule has 1 aliphatic heterocycles. The van der Waals surface area contributed by atoms with Crippen molar-refractivity contribution >= 4 is 11.4 Å². The molecule has 0 spiro atoms. The van der Waals surface area contributed by atoms with E-state index in [9.17, 15) is 5.26 Å². The minimum Gasteiger partial charge on any atom is -0.403 e. The number of hydrogen-bond donors (Lipinski definition) is 2. The maximum atomic E-state index is 9.54. The van der Waals surface area contributed by atoms with Gasteiger partial charge in [0.05, 0.1) is 17.0 Å². The molecule has 1 saturated heterocycles. The Morgan fingerprint density at radius 3 is 2.55 bits per heavy atom. The van der Waals surface area contributed by atoms with E-state index in [1.54, 1.807) is 0 Å². The van der Waals surface area contributed by atoms with Crippen LogP contribution in [0, 0.1) is 23.2 Å². The number of nitriles is 1. The smallest absolute Gasteiger partial charge is 0.128 e. The topological polar surface area (TPSA) is 90.9 Å². The lowest BCUT2D eigenvalue weighted by atomic mass is 9.89. The molecule has 6 nitrogen and oxygen atoms in total. The average Bonchev–Trinajstić information content (AvgIpc) is 2.94. The van der Waals surface area contributed by atoms with Crippen LogP contribution in [-0.4, -0.2) is 28.6 Å². The molecule has 192 valence electrons. The first kappa shape index (κ1) is 26.5. The Bertz CT molecular complexity index is 1400. The quantitative estimate of drug-likeness (QED) is 0.331. The number of nitrogens with two attached hydrogens (primary N) is 1. The Hall–Kier alpha value is -4.55. The van der Waals surface area contributed by atoms with Gasteiger partial charge in [-0.05, 0) is 68.0 Å². The molecule has 4 rings (SSSR count). The van der Waals surface area contributed by atoms with E-state index in [1.807, 2.05) is 48.8 Å². The first-order valence-electron chi connectivity index (χ1n) is 13.0. The summed E-state index contributed by atoms with van der Waals surface area (Å²) in [6, 6.07) is 18.3. The van der Waals surface area contributed by atoms with E-state index in [4.69, 9.17) is 10.7 Å². The van der Waals surface area contributed by atoms with Crippen LogP contribution in [0.5, 0.6) is 0 Å². The largest absolute Gasteiger partial charge is 0.403 e. The van der Waals surface area contributed by atoms with Crippen LogP contribution in [0.3, 0.4) is 0 Å². The van der Waals surface area contributed by atoms with Gasteiger partial charge in [0, 0.05) is 53.9 Å². The molecule has 1 fully saturated rings. The van der Waals surface area contributed by atoms with Gasteiger partial charge in [-0.2, -0.15) is 5.26 Å². The fraction of sp³-hybridized carbons (Fsp3) is 0.281.